The highest BCUT2D eigenvalue weighted by atomic mass is 79.9. The van der Waals surface area contributed by atoms with Crippen molar-refractivity contribution in [3.05, 3.63) is 34.3 Å². The minimum atomic E-state index is 0.266. The molecule has 1 aliphatic heterocycles. The maximum absolute atomic E-state index is 5.98. The number of likely N-dealkylation sites (N-methyl/N-ethyl adjacent to an activating group) is 1. The molecule has 0 amide bonds. The average Bonchev–Trinajstić information content (AvgIpc) is 2.68. The minimum absolute atomic E-state index is 0.266. The summed E-state index contributed by atoms with van der Waals surface area (Å²) in [6, 6.07) is 8.63. The van der Waals surface area contributed by atoms with E-state index in [-0.39, 0.29) is 6.04 Å². The van der Waals surface area contributed by atoms with Crippen LogP contribution < -0.4 is 5.73 Å². The first-order valence-corrected chi connectivity index (χ1v) is 6.84. The second-order valence-corrected chi connectivity index (χ2v) is 5.68. The molecule has 0 radical (unpaired) electrons. The quantitative estimate of drug-likeness (QED) is 0.920. The summed E-state index contributed by atoms with van der Waals surface area (Å²) in [6.07, 6.45) is 0. The molecule has 0 aliphatic carbocycles. The highest BCUT2D eigenvalue weighted by molar-refractivity contribution is 9.10. The van der Waals surface area contributed by atoms with Gasteiger partial charge in [0.25, 0.3) is 0 Å². The molecular weight excluding hydrogens is 292 g/mol. The number of rotatable bonds is 4. The van der Waals surface area contributed by atoms with Gasteiger partial charge in [-0.2, -0.15) is 0 Å². The molecular formula is C13H19BrN4. The lowest BCUT2D eigenvalue weighted by molar-refractivity contribution is 0.293. The van der Waals surface area contributed by atoms with E-state index in [9.17, 15) is 0 Å². The fourth-order valence-electron chi connectivity index (χ4n) is 2.11. The van der Waals surface area contributed by atoms with Gasteiger partial charge in [-0.15, -0.1) is 0 Å². The number of nitrogens with two attached hydrogens (primary N) is 1. The molecule has 1 aromatic rings. The summed E-state index contributed by atoms with van der Waals surface area (Å²) in [7, 11) is 4.13. The SMILES string of the molecule is CN(C)CCN1C(N)=NCC1c1cccc(Br)c1. The minimum Gasteiger partial charge on any atom is -0.370 e. The predicted molar refractivity (Wildman–Crippen MR) is 78.6 cm³/mol. The Morgan fingerprint density at radius 2 is 2.28 bits per heavy atom. The monoisotopic (exact) mass is 310 g/mol. The molecule has 1 aliphatic rings. The lowest BCUT2D eigenvalue weighted by Gasteiger charge is -2.28. The smallest absolute Gasteiger partial charge is 0.191 e. The molecule has 1 atom stereocenters. The van der Waals surface area contributed by atoms with E-state index in [2.05, 4.69) is 63.0 Å². The Hall–Kier alpha value is -1.07. The molecule has 0 bridgehead atoms. The summed E-state index contributed by atoms with van der Waals surface area (Å²) < 4.78 is 1.10. The van der Waals surface area contributed by atoms with Gasteiger partial charge in [-0.05, 0) is 31.8 Å². The van der Waals surface area contributed by atoms with Gasteiger partial charge in [0.1, 0.15) is 0 Å². The largest absolute Gasteiger partial charge is 0.370 e. The Morgan fingerprint density at radius 1 is 1.50 bits per heavy atom. The van der Waals surface area contributed by atoms with Gasteiger partial charge in [-0.3, -0.25) is 4.99 Å². The van der Waals surface area contributed by atoms with E-state index in [0.29, 0.717) is 5.96 Å². The van der Waals surface area contributed by atoms with E-state index < -0.39 is 0 Å². The average molecular weight is 311 g/mol. The number of nitrogens with zero attached hydrogens (tertiary/aromatic N) is 3. The van der Waals surface area contributed by atoms with E-state index in [1.165, 1.54) is 5.56 Å². The maximum atomic E-state index is 5.98. The number of aliphatic imine (C=N–C) groups is 1. The number of benzene rings is 1. The second kappa shape index (κ2) is 5.71. The van der Waals surface area contributed by atoms with E-state index in [1.54, 1.807) is 0 Å². The van der Waals surface area contributed by atoms with Gasteiger partial charge < -0.3 is 15.5 Å². The van der Waals surface area contributed by atoms with Crippen LogP contribution in [0.4, 0.5) is 0 Å². The molecule has 1 aromatic carbocycles. The van der Waals surface area contributed by atoms with Crippen LogP contribution in [0, 0.1) is 0 Å². The van der Waals surface area contributed by atoms with Crippen LogP contribution in [0.25, 0.3) is 0 Å². The van der Waals surface area contributed by atoms with Gasteiger partial charge in [0, 0.05) is 17.6 Å². The summed E-state index contributed by atoms with van der Waals surface area (Å²) in [6.45, 7) is 2.62. The standard InChI is InChI=1S/C13H19BrN4/c1-17(2)6-7-18-12(9-16-13(18)15)10-4-3-5-11(14)8-10/h3-5,8,12H,6-7,9H2,1-2H3,(H2,15,16). The summed E-state index contributed by atoms with van der Waals surface area (Å²) in [4.78, 5) is 8.71. The van der Waals surface area contributed by atoms with Crippen LogP contribution in [0.3, 0.4) is 0 Å². The summed E-state index contributed by atoms with van der Waals surface area (Å²) in [5, 5.41) is 0. The van der Waals surface area contributed by atoms with E-state index in [0.717, 1.165) is 24.1 Å². The molecule has 4 nitrogen and oxygen atoms in total. The van der Waals surface area contributed by atoms with Crippen LogP contribution in [0.5, 0.6) is 0 Å². The molecule has 0 saturated carbocycles. The highest BCUT2D eigenvalue weighted by Crippen LogP contribution is 2.27. The normalized spacial score (nSPS) is 19.4. The lowest BCUT2D eigenvalue weighted by atomic mass is 10.1. The molecule has 18 heavy (non-hydrogen) atoms. The molecule has 0 fully saturated rings. The van der Waals surface area contributed by atoms with Crippen molar-refractivity contribution in [1.82, 2.24) is 9.80 Å². The fraction of sp³-hybridized carbons (Fsp3) is 0.462. The van der Waals surface area contributed by atoms with Crippen molar-refractivity contribution in [2.45, 2.75) is 6.04 Å². The van der Waals surface area contributed by atoms with Gasteiger partial charge >= 0.3 is 0 Å². The van der Waals surface area contributed by atoms with Gasteiger partial charge in [0.2, 0.25) is 0 Å². The van der Waals surface area contributed by atoms with E-state index in [1.807, 2.05) is 6.07 Å². The van der Waals surface area contributed by atoms with E-state index >= 15 is 0 Å². The van der Waals surface area contributed by atoms with Crippen molar-refractivity contribution in [3.63, 3.8) is 0 Å². The first-order chi connectivity index (χ1) is 8.58. The lowest BCUT2D eigenvalue weighted by Crippen LogP contribution is -2.40. The molecule has 0 spiro atoms. The molecule has 1 unspecified atom stereocenters. The molecule has 2 rings (SSSR count). The van der Waals surface area contributed by atoms with Crippen molar-refractivity contribution < 1.29 is 0 Å². The number of halogens is 1. The second-order valence-electron chi connectivity index (χ2n) is 4.77. The van der Waals surface area contributed by atoms with Crippen LogP contribution >= 0.6 is 15.9 Å². The van der Waals surface area contributed by atoms with Crippen LogP contribution in [-0.2, 0) is 0 Å². The van der Waals surface area contributed by atoms with Gasteiger partial charge in [-0.25, -0.2) is 0 Å². The van der Waals surface area contributed by atoms with Crippen molar-refractivity contribution in [3.8, 4) is 0 Å². The number of hydrogen-bond acceptors (Lipinski definition) is 4. The third kappa shape index (κ3) is 3.03. The fourth-order valence-corrected chi connectivity index (χ4v) is 2.52. The van der Waals surface area contributed by atoms with Crippen molar-refractivity contribution in [2.24, 2.45) is 10.7 Å². The van der Waals surface area contributed by atoms with Crippen molar-refractivity contribution >= 4 is 21.9 Å². The van der Waals surface area contributed by atoms with Crippen LogP contribution in [-0.4, -0.2) is 49.5 Å². The molecule has 0 aromatic heterocycles. The summed E-state index contributed by atoms with van der Waals surface area (Å²) in [5.74, 6) is 0.654. The van der Waals surface area contributed by atoms with Gasteiger partial charge in [0.05, 0.1) is 12.6 Å². The van der Waals surface area contributed by atoms with Crippen LogP contribution in [0.1, 0.15) is 11.6 Å². The zero-order valence-electron chi connectivity index (χ0n) is 10.8. The third-order valence-corrected chi connectivity index (χ3v) is 3.61. The number of hydrogen-bond donors (Lipinski definition) is 1. The Balaban J connectivity index is 2.12. The first kappa shape index (κ1) is 13.4. The maximum Gasteiger partial charge on any atom is 0.191 e. The third-order valence-electron chi connectivity index (χ3n) is 3.12. The highest BCUT2D eigenvalue weighted by Gasteiger charge is 2.27. The predicted octanol–water partition coefficient (Wildman–Crippen LogP) is 1.68. The van der Waals surface area contributed by atoms with Crippen molar-refractivity contribution in [2.75, 3.05) is 33.7 Å². The van der Waals surface area contributed by atoms with Gasteiger partial charge in [0.15, 0.2) is 5.96 Å². The van der Waals surface area contributed by atoms with Crippen molar-refractivity contribution in [1.29, 1.82) is 0 Å². The Kier molecular flexibility index (Phi) is 4.24. The summed E-state index contributed by atoms with van der Waals surface area (Å²) in [5.41, 5.74) is 7.23. The zero-order valence-corrected chi connectivity index (χ0v) is 12.4. The van der Waals surface area contributed by atoms with Crippen LogP contribution in [0.2, 0.25) is 0 Å². The van der Waals surface area contributed by atoms with Gasteiger partial charge in [-0.1, -0.05) is 28.1 Å². The number of guanidine groups is 1. The molecule has 98 valence electrons. The molecule has 5 heteroatoms. The zero-order chi connectivity index (χ0) is 13.1. The van der Waals surface area contributed by atoms with Crippen LogP contribution in [0.15, 0.2) is 33.7 Å². The molecule has 0 saturated heterocycles. The summed E-state index contributed by atoms with van der Waals surface area (Å²) >= 11 is 3.51. The molecule has 2 N–H and O–H groups in total. The molecule has 1 heterocycles. The topological polar surface area (TPSA) is 44.9 Å². The van der Waals surface area contributed by atoms with E-state index in [4.69, 9.17) is 5.73 Å². The first-order valence-electron chi connectivity index (χ1n) is 6.04. The Bertz CT molecular complexity index is 444. The Labute approximate surface area is 117 Å². The Morgan fingerprint density at radius 3 is 2.94 bits per heavy atom.